The third kappa shape index (κ3) is 5.51. The lowest BCUT2D eigenvalue weighted by molar-refractivity contribution is -0.136. The number of carbonyl (C=O) groups is 3. The van der Waals surface area contributed by atoms with Gasteiger partial charge in [0.25, 0.3) is 5.91 Å². The van der Waals surface area contributed by atoms with E-state index >= 15 is 0 Å². The molecule has 3 aliphatic rings. The molecule has 0 radical (unpaired) electrons. The van der Waals surface area contributed by atoms with Crippen LogP contribution >= 0.6 is 0 Å². The second-order valence-electron chi connectivity index (χ2n) is 10.6. The second-order valence-corrected chi connectivity index (χ2v) is 10.6. The maximum atomic E-state index is 13.0. The SMILES string of the molecule is Nc1cccc(COc2ccccc2CN2CC[C@H](Oc3ccc4c(c3)CN(C3CCC(=O)NC3=O)C4=O)C2)c1. The van der Waals surface area contributed by atoms with Gasteiger partial charge in [-0.05, 0) is 60.4 Å². The van der Waals surface area contributed by atoms with Gasteiger partial charge in [-0.15, -0.1) is 0 Å². The van der Waals surface area contributed by atoms with Gasteiger partial charge in [0, 0.05) is 49.4 Å². The Bertz CT molecular complexity index is 1460. The molecule has 0 aliphatic carbocycles. The molecule has 3 aliphatic heterocycles. The van der Waals surface area contributed by atoms with Gasteiger partial charge in [-0.25, -0.2) is 0 Å². The largest absolute Gasteiger partial charge is 0.489 e. The number of nitrogens with two attached hydrogens (primary N) is 1. The zero-order valence-electron chi connectivity index (χ0n) is 22.2. The molecule has 0 saturated carbocycles. The first-order chi connectivity index (χ1) is 19.4. The lowest BCUT2D eigenvalue weighted by Crippen LogP contribution is -2.52. The molecule has 206 valence electrons. The van der Waals surface area contributed by atoms with Crippen molar-refractivity contribution in [2.75, 3.05) is 18.8 Å². The average Bonchev–Trinajstić information content (AvgIpc) is 3.51. The molecule has 3 heterocycles. The number of piperidine rings is 1. The fraction of sp³-hybridized carbons (Fsp3) is 0.323. The van der Waals surface area contributed by atoms with Gasteiger partial charge in [0.05, 0.1) is 0 Å². The first-order valence-electron chi connectivity index (χ1n) is 13.6. The molecule has 2 saturated heterocycles. The van der Waals surface area contributed by atoms with Gasteiger partial charge in [0.1, 0.15) is 30.3 Å². The van der Waals surface area contributed by atoms with Gasteiger partial charge in [-0.3, -0.25) is 24.6 Å². The van der Waals surface area contributed by atoms with Crippen molar-refractivity contribution in [3.63, 3.8) is 0 Å². The van der Waals surface area contributed by atoms with Crippen LogP contribution in [-0.4, -0.2) is 52.8 Å². The average molecular weight is 541 g/mol. The Morgan fingerprint density at radius 1 is 0.975 bits per heavy atom. The highest BCUT2D eigenvalue weighted by Gasteiger charge is 2.39. The van der Waals surface area contributed by atoms with E-state index in [2.05, 4.69) is 16.3 Å². The summed E-state index contributed by atoms with van der Waals surface area (Å²) in [7, 11) is 0. The molecule has 0 aromatic heterocycles. The molecule has 1 unspecified atom stereocenters. The maximum Gasteiger partial charge on any atom is 0.255 e. The van der Waals surface area contributed by atoms with Gasteiger partial charge < -0.3 is 20.1 Å². The second kappa shape index (κ2) is 11.0. The molecule has 2 fully saturated rings. The van der Waals surface area contributed by atoms with Crippen molar-refractivity contribution >= 4 is 23.4 Å². The van der Waals surface area contributed by atoms with Gasteiger partial charge in [-0.2, -0.15) is 0 Å². The van der Waals surface area contributed by atoms with Crippen molar-refractivity contribution in [2.24, 2.45) is 0 Å². The van der Waals surface area contributed by atoms with Crippen molar-refractivity contribution in [1.82, 2.24) is 15.1 Å². The molecule has 3 amide bonds. The molecule has 3 aromatic rings. The van der Waals surface area contributed by atoms with Gasteiger partial charge in [-0.1, -0.05) is 30.3 Å². The zero-order chi connectivity index (χ0) is 27.6. The molecule has 40 heavy (non-hydrogen) atoms. The predicted molar refractivity (Wildman–Crippen MR) is 148 cm³/mol. The molecule has 9 heteroatoms. The Morgan fingerprint density at radius 2 is 1.85 bits per heavy atom. The molecular weight excluding hydrogens is 508 g/mol. The number of nitrogens with zero attached hydrogens (tertiary/aromatic N) is 2. The van der Waals surface area contributed by atoms with E-state index in [1.165, 1.54) is 0 Å². The highest BCUT2D eigenvalue weighted by Crippen LogP contribution is 2.31. The van der Waals surface area contributed by atoms with Crippen molar-refractivity contribution in [1.29, 1.82) is 0 Å². The highest BCUT2D eigenvalue weighted by molar-refractivity contribution is 6.05. The molecule has 3 aromatic carbocycles. The topological polar surface area (TPSA) is 114 Å². The molecule has 3 N–H and O–H groups in total. The zero-order valence-corrected chi connectivity index (χ0v) is 22.2. The van der Waals surface area contributed by atoms with E-state index in [0.29, 0.717) is 25.1 Å². The monoisotopic (exact) mass is 540 g/mol. The van der Waals surface area contributed by atoms with Gasteiger partial charge in [0.2, 0.25) is 11.8 Å². The number of ether oxygens (including phenoxy) is 2. The number of hydrogen-bond donors (Lipinski definition) is 2. The number of fused-ring (bicyclic) bond motifs is 1. The molecule has 9 nitrogen and oxygen atoms in total. The molecule has 0 bridgehead atoms. The number of carbonyl (C=O) groups excluding carboxylic acids is 3. The van der Waals surface area contributed by atoms with E-state index in [9.17, 15) is 14.4 Å². The quantitative estimate of drug-likeness (QED) is 0.333. The van der Waals surface area contributed by atoms with E-state index in [-0.39, 0.29) is 24.3 Å². The van der Waals surface area contributed by atoms with Crippen LogP contribution < -0.4 is 20.5 Å². The molecule has 2 atom stereocenters. The number of rotatable bonds is 8. The Morgan fingerprint density at radius 3 is 2.70 bits per heavy atom. The van der Waals surface area contributed by atoms with E-state index < -0.39 is 11.9 Å². The van der Waals surface area contributed by atoms with Crippen LogP contribution in [0.15, 0.2) is 66.7 Å². The number of likely N-dealkylation sites (tertiary alicyclic amines) is 1. The standard InChI is InChI=1S/C31H32N4O5/c32-23-6-3-4-20(14-23)19-39-28-7-2-1-5-21(28)16-34-13-12-25(18-34)40-24-8-9-26-22(15-24)17-35(31(26)38)27-10-11-29(36)33-30(27)37/h1-9,14-15,25,27H,10-13,16-19,32H2,(H,33,36,37)/t25-,27?/m0/s1. The number of nitrogens with one attached hydrogen (secondary N) is 1. The number of hydrogen-bond acceptors (Lipinski definition) is 7. The van der Waals surface area contributed by atoms with E-state index in [4.69, 9.17) is 15.2 Å². The minimum absolute atomic E-state index is 0.0294. The third-order valence-corrected chi connectivity index (χ3v) is 7.74. The summed E-state index contributed by atoms with van der Waals surface area (Å²) in [4.78, 5) is 40.7. The van der Waals surface area contributed by atoms with Crippen LogP contribution in [0.2, 0.25) is 0 Å². The van der Waals surface area contributed by atoms with E-state index in [1.54, 1.807) is 11.0 Å². The summed E-state index contributed by atoms with van der Waals surface area (Å²) < 4.78 is 12.5. The first-order valence-corrected chi connectivity index (χ1v) is 13.6. The molecular formula is C31H32N4O5. The third-order valence-electron chi connectivity index (χ3n) is 7.74. The number of para-hydroxylation sites is 1. The predicted octanol–water partition coefficient (Wildman–Crippen LogP) is 3.26. The van der Waals surface area contributed by atoms with Crippen LogP contribution in [0.1, 0.15) is 46.3 Å². The van der Waals surface area contributed by atoms with Crippen LogP contribution in [0, 0.1) is 0 Å². The Balaban J connectivity index is 1.05. The molecule has 6 rings (SSSR count). The minimum Gasteiger partial charge on any atom is -0.489 e. The van der Waals surface area contributed by atoms with Crippen LogP contribution in [0.5, 0.6) is 11.5 Å². The Kier molecular flexibility index (Phi) is 7.13. The van der Waals surface area contributed by atoms with Crippen LogP contribution in [-0.2, 0) is 29.3 Å². The Labute approximate surface area is 232 Å². The Hall–Kier alpha value is -4.37. The maximum absolute atomic E-state index is 13.0. The van der Waals surface area contributed by atoms with E-state index in [0.717, 1.165) is 59.9 Å². The number of amides is 3. The smallest absolute Gasteiger partial charge is 0.255 e. The first kappa shape index (κ1) is 25.9. The number of imide groups is 1. The van der Waals surface area contributed by atoms with Crippen molar-refractivity contribution in [3.8, 4) is 11.5 Å². The van der Waals surface area contributed by atoms with Crippen LogP contribution in [0.3, 0.4) is 0 Å². The summed E-state index contributed by atoms with van der Waals surface area (Å²) in [6.07, 6.45) is 1.51. The summed E-state index contributed by atoms with van der Waals surface area (Å²) in [6.45, 7) is 3.23. The fourth-order valence-electron chi connectivity index (χ4n) is 5.71. The number of nitrogen functional groups attached to an aromatic ring is 1. The normalized spacial score (nSPS) is 20.9. The van der Waals surface area contributed by atoms with E-state index in [1.807, 2.05) is 54.6 Å². The number of anilines is 1. The van der Waals surface area contributed by atoms with Crippen molar-refractivity contribution in [3.05, 3.63) is 89.0 Å². The van der Waals surface area contributed by atoms with Crippen molar-refractivity contribution < 1.29 is 23.9 Å². The molecule has 0 spiro atoms. The fourth-order valence-corrected chi connectivity index (χ4v) is 5.71. The summed E-state index contributed by atoms with van der Waals surface area (Å²) in [5.41, 5.74) is 10.2. The van der Waals surface area contributed by atoms with Crippen LogP contribution in [0.25, 0.3) is 0 Å². The van der Waals surface area contributed by atoms with Crippen LogP contribution in [0.4, 0.5) is 5.69 Å². The van der Waals surface area contributed by atoms with Gasteiger partial charge >= 0.3 is 0 Å². The summed E-state index contributed by atoms with van der Waals surface area (Å²) >= 11 is 0. The highest BCUT2D eigenvalue weighted by atomic mass is 16.5. The minimum atomic E-state index is -0.622. The summed E-state index contributed by atoms with van der Waals surface area (Å²) in [5.74, 6) is 0.699. The summed E-state index contributed by atoms with van der Waals surface area (Å²) in [6, 6.07) is 20.7. The lowest BCUT2D eigenvalue weighted by Gasteiger charge is -2.29. The van der Waals surface area contributed by atoms with Gasteiger partial charge in [0.15, 0.2) is 0 Å². The number of benzene rings is 3. The lowest BCUT2D eigenvalue weighted by atomic mass is 10.0. The summed E-state index contributed by atoms with van der Waals surface area (Å²) in [5, 5.41) is 2.34. The van der Waals surface area contributed by atoms with Crippen molar-refractivity contribution in [2.45, 2.75) is 51.1 Å².